The molecule has 1 N–H and O–H groups in total. The van der Waals surface area contributed by atoms with E-state index in [-0.39, 0.29) is 11.7 Å². The van der Waals surface area contributed by atoms with E-state index in [1.54, 1.807) is 17.2 Å². The predicted octanol–water partition coefficient (Wildman–Crippen LogP) is 1.04. The SMILES string of the molecule is CC(c1nc(C(=O)O)cs1)n1cnnc1. The van der Waals surface area contributed by atoms with Crippen molar-refractivity contribution in [2.45, 2.75) is 13.0 Å². The monoisotopic (exact) mass is 224 g/mol. The highest BCUT2D eigenvalue weighted by atomic mass is 32.1. The largest absolute Gasteiger partial charge is 0.476 e. The van der Waals surface area contributed by atoms with Crippen LogP contribution in [0.2, 0.25) is 0 Å². The van der Waals surface area contributed by atoms with Gasteiger partial charge in [-0.25, -0.2) is 9.78 Å². The van der Waals surface area contributed by atoms with Gasteiger partial charge >= 0.3 is 5.97 Å². The van der Waals surface area contributed by atoms with E-state index >= 15 is 0 Å². The van der Waals surface area contributed by atoms with Crippen molar-refractivity contribution in [3.63, 3.8) is 0 Å². The fourth-order valence-corrected chi connectivity index (χ4v) is 1.97. The average Bonchev–Trinajstić information content (AvgIpc) is 2.88. The Hall–Kier alpha value is -1.76. The number of hydrogen-bond acceptors (Lipinski definition) is 5. The van der Waals surface area contributed by atoms with Crippen LogP contribution in [0.15, 0.2) is 18.0 Å². The van der Waals surface area contributed by atoms with Crippen LogP contribution in [0, 0.1) is 0 Å². The number of carboxylic acids is 1. The maximum absolute atomic E-state index is 10.6. The van der Waals surface area contributed by atoms with E-state index in [0.29, 0.717) is 0 Å². The van der Waals surface area contributed by atoms with Gasteiger partial charge in [-0.3, -0.25) is 0 Å². The van der Waals surface area contributed by atoms with Gasteiger partial charge in [0.05, 0.1) is 6.04 Å². The van der Waals surface area contributed by atoms with Gasteiger partial charge in [-0.1, -0.05) is 0 Å². The third-order valence-electron chi connectivity index (χ3n) is 1.98. The summed E-state index contributed by atoms with van der Waals surface area (Å²) < 4.78 is 1.77. The van der Waals surface area contributed by atoms with E-state index in [9.17, 15) is 4.79 Å². The second-order valence-electron chi connectivity index (χ2n) is 2.96. The second kappa shape index (κ2) is 3.77. The molecule has 2 aromatic heterocycles. The van der Waals surface area contributed by atoms with E-state index in [1.165, 1.54) is 16.7 Å². The summed E-state index contributed by atoms with van der Waals surface area (Å²) in [4.78, 5) is 14.6. The van der Waals surface area contributed by atoms with Crippen molar-refractivity contribution in [2.24, 2.45) is 0 Å². The molecule has 0 aliphatic rings. The molecule has 2 heterocycles. The first-order valence-electron chi connectivity index (χ1n) is 4.21. The lowest BCUT2D eigenvalue weighted by Crippen LogP contribution is -2.05. The molecule has 0 saturated heterocycles. The quantitative estimate of drug-likeness (QED) is 0.842. The highest BCUT2D eigenvalue weighted by Crippen LogP contribution is 2.21. The zero-order valence-electron chi connectivity index (χ0n) is 7.86. The maximum Gasteiger partial charge on any atom is 0.355 e. The van der Waals surface area contributed by atoms with Crippen LogP contribution in [-0.2, 0) is 0 Å². The molecule has 0 radical (unpaired) electrons. The van der Waals surface area contributed by atoms with Crippen LogP contribution < -0.4 is 0 Å². The number of carboxylic acid groups (broad SMARTS) is 1. The first-order valence-corrected chi connectivity index (χ1v) is 5.09. The van der Waals surface area contributed by atoms with Crippen molar-refractivity contribution < 1.29 is 9.90 Å². The molecular weight excluding hydrogens is 216 g/mol. The van der Waals surface area contributed by atoms with Gasteiger partial charge in [0.1, 0.15) is 17.7 Å². The smallest absolute Gasteiger partial charge is 0.355 e. The van der Waals surface area contributed by atoms with Crippen LogP contribution in [0.25, 0.3) is 0 Å². The summed E-state index contributed by atoms with van der Waals surface area (Å²) in [6, 6.07) is -0.0434. The van der Waals surface area contributed by atoms with E-state index < -0.39 is 5.97 Å². The van der Waals surface area contributed by atoms with Crippen molar-refractivity contribution in [1.29, 1.82) is 0 Å². The molecular formula is C8H8N4O2S. The Morgan fingerprint density at radius 2 is 2.20 bits per heavy atom. The van der Waals surface area contributed by atoms with Gasteiger partial charge < -0.3 is 9.67 Å². The summed E-state index contributed by atoms with van der Waals surface area (Å²) in [7, 11) is 0. The van der Waals surface area contributed by atoms with Crippen LogP contribution in [-0.4, -0.2) is 30.8 Å². The molecule has 0 bridgehead atoms. The fourth-order valence-electron chi connectivity index (χ4n) is 1.11. The van der Waals surface area contributed by atoms with Gasteiger partial charge in [0.15, 0.2) is 5.69 Å². The average molecular weight is 224 g/mol. The van der Waals surface area contributed by atoms with Crippen LogP contribution >= 0.6 is 11.3 Å². The van der Waals surface area contributed by atoms with Gasteiger partial charge in [0.25, 0.3) is 0 Å². The van der Waals surface area contributed by atoms with Crippen molar-refractivity contribution in [3.8, 4) is 0 Å². The Bertz CT molecular complexity index is 465. The predicted molar refractivity (Wildman–Crippen MR) is 52.9 cm³/mol. The molecule has 0 aliphatic carbocycles. The molecule has 7 heteroatoms. The molecule has 15 heavy (non-hydrogen) atoms. The van der Waals surface area contributed by atoms with Crippen LogP contribution in [0.4, 0.5) is 0 Å². The molecule has 0 fully saturated rings. The summed E-state index contributed by atoms with van der Waals surface area (Å²) in [5, 5.41) is 18.3. The minimum absolute atomic E-state index is 0.0434. The van der Waals surface area contributed by atoms with E-state index in [2.05, 4.69) is 15.2 Å². The van der Waals surface area contributed by atoms with Crippen molar-refractivity contribution >= 4 is 17.3 Å². The van der Waals surface area contributed by atoms with Gasteiger partial charge in [-0.05, 0) is 6.92 Å². The van der Waals surface area contributed by atoms with Gasteiger partial charge in [-0.2, -0.15) is 0 Å². The Morgan fingerprint density at radius 3 is 2.73 bits per heavy atom. The topological polar surface area (TPSA) is 80.9 Å². The molecule has 0 saturated carbocycles. The molecule has 0 spiro atoms. The van der Waals surface area contributed by atoms with Crippen LogP contribution in [0.3, 0.4) is 0 Å². The molecule has 2 rings (SSSR count). The molecule has 0 amide bonds. The van der Waals surface area contributed by atoms with E-state index in [0.717, 1.165) is 5.01 Å². The molecule has 2 aromatic rings. The number of aromatic nitrogens is 4. The van der Waals surface area contributed by atoms with E-state index in [4.69, 9.17) is 5.11 Å². The minimum Gasteiger partial charge on any atom is -0.476 e. The number of rotatable bonds is 3. The number of hydrogen-bond donors (Lipinski definition) is 1. The number of nitrogens with zero attached hydrogens (tertiary/aromatic N) is 4. The van der Waals surface area contributed by atoms with Crippen LogP contribution in [0.5, 0.6) is 0 Å². The minimum atomic E-state index is -1.01. The van der Waals surface area contributed by atoms with Crippen molar-refractivity contribution in [3.05, 3.63) is 28.7 Å². The summed E-state index contributed by atoms with van der Waals surface area (Å²) in [5.74, 6) is -1.01. The Labute approximate surface area is 89.2 Å². The van der Waals surface area contributed by atoms with Gasteiger partial charge in [0.2, 0.25) is 0 Å². The summed E-state index contributed by atoms with van der Waals surface area (Å²) in [6.45, 7) is 1.91. The lowest BCUT2D eigenvalue weighted by molar-refractivity contribution is 0.0691. The first-order chi connectivity index (χ1) is 7.18. The summed E-state index contributed by atoms with van der Waals surface area (Å²) >= 11 is 1.32. The number of carbonyl (C=O) groups is 1. The second-order valence-corrected chi connectivity index (χ2v) is 3.85. The molecule has 1 atom stereocenters. The zero-order valence-corrected chi connectivity index (χ0v) is 8.68. The normalized spacial score (nSPS) is 12.6. The van der Waals surface area contributed by atoms with Crippen molar-refractivity contribution in [1.82, 2.24) is 19.7 Å². The maximum atomic E-state index is 10.6. The highest BCUT2D eigenvalue weighted by Gasteiger charge is 2.14. The Balaban J connectivity index is 2.26. The fraction of sp³-hybridized carbons (Fsp3) is 0.250. The van der Waals surface area contributed by atoms with Gasteiger partial charge in [-0.15, -0.1) is 21.5 Å². The Kier molecular flexibility index (Phi) is 2.46. The lowest BCUT2D eigenvalue weighted by atomic mass is 10.3. The van der Waals surface area contributed by atoms with Crippen LogP contribution in [0.1, 0.15) is 28.5 Å². The Morgan fingerprint density at radius 1 is 1.53 bits per heavy atom. The summed E-state index contributed by atoms with van der Waals surface area (Å²) in [5.41, 5.74) is 0.0786. The molecule has 6 nitrogen and oxygen atoms in total. The molecule has 0 aliphatic heterocycles. The third-order valence-corrected chi connectivity index (χ3v) is 3.00. The highest BCUT2D eigenvalue weighted by molar-refractivity contribution is 7.09. The number of thiazole rings is 1. The number of aromatic carboxylic acids is 1. The third kappa shape index (κ3) is 1.86. The summed E-state index contributed by atoms with van der Waals surface area (Å²) in [6.07, 6.45) is 3.15. The van der Waals surface area contributed by atoms with E-state index in [1.807, 2.05) is 6.92 Å². The van der Waals surface area contributed by atoms with Gasteiger partial charge in [0, 0.05) is 5.38 Å². The lowest BCUT2D eigenvalue weighted by Gasteiger charge is -2.07. The molecule has 1 unspecified atom stereocenters. The van der Waals surface area contributed by atoms with Crippen molar-refractivity contribution in [2.75, 3.05) is 0 Å². The standard InChI is InChI=1S/C8H8N4O2S/c1-5(12-3-9-10-4-12)7-11-6(2-15-7)8(13)14/h2-5H,1H3,(H,13,14). The molecule has 0 aromatic carbocycles. The molecule has 78 valence electrons. The zero-order chi connectivity index (χ0) is 10.8. The first kappa shape index (κ1) is 9.78.